The van der Waals surface area contributed by atoms with Crippen LogP contribution in [-0.2, 0) is 0 Å². The molecule has 0 fully saturated rings. The Hall–Kier alpha value is -1.53. The fourth-order valence-corrected chi connectivity index (χ4v) is 1.45. The Bertz CT molecular complexity index is 406. The first kappa shape index (κ1) is 12.5. The summed E-state index contributed by atoms with van der Waals surface area (Å²) in [6, 6.07) is 4.12. The van der Waals surface area contributed by atoms with Gasteiger partial charge < -0.3 is 10.4 Å². The predicted molar refractivity (Wildman–Crippen MR) is 62.5 cm³/mol. The lowest BCUT2D eigenvalue weighted by atomic mass is 10.1. The molecule has 3 heteroatoms. The summed E-state index contributed by atoms with van der Waals surface area (Å²) in [5.74, 6) is 5.30. The SMILES string of the molecule is CC#CCCNC(C)c1ccc(O)cc1F. The summed E-state index contributed by atoms with van der Waals surface area (Å²) in [7, 11) is 0. The van der Waals surface area contributed by atoms with Crippen LogP contribution in [0.25, 0.3) is 0 Å². The van der Waals surface area contributed by atoms with Gasteiger partial charge in [0, 0.05) is 30.6 Å². The Morgan fingerprint density at radius 3 is 2.88 bits per heavy atom. The van der Waals surface area contributed by atoms with Gasteiger partial charge in [-0.3, -0.25) is 0 Å². The molecule has 1 aromatic carbocycles. The van der Waals surface area contributed by atoms with E-state index in [1.54, 1.807) is 13.0 Å². The summed E-state index contributed by atoms with van der Waals surface area (Å²) < 4.78 is 13.4. The van der Waals surface area contributed by atoms with Crippen LogP contribution < -0.4 is 5.32 Å². The van der Waals surface area contributed by atoms with E-state index >= 15 is 0 Å². The number of phenols is 1. The fraction of sp³-hybridized carbons (Fsp3) is 0.385. The number of hydrogen-bond acceptors (Lipinski definition) is 2. The molecule has 1 aromatic rings. The Kier molecular flexibility index (Phi) is 4.81. The van der Waals surface area contributed by atoms with Gasteiger partial charge in [0.05, 0.1) is 0 Å². The molecule has 0 aliphatic rings. The van der Waals surface area contributed by atoms with Crippen molar-refractivity contribution in [1.29, 1.82) is 0 Å². The molecule has 86 valence electrons. The van der Waals surface area contributed by atoms with Crippen molar-refractivity contribution in [2.45, 2.75) is 26.3 Å². The van der Waals surface area contributed by atoms with Gasteiger partial charge in [-0.05, 0) is 19.9 Å². The van der Waals surface area contributed by atoms with E-state index in [4.69, 9.17) is 5.11 Å². The standard InChI is InChI=1S/C13H16FNO/c1-3-4-5-8-15-10(2)12-7-6-11(16)9-13(12)14/h6-7,9-10,15-16H,5,8H2,1-2H3. The highest BCUT2D eigenvalue weighted by molar-refractivity contribution is 5.29. The lowest BCUT2D eigenvalue weighted by molar-refractivity contribution is 0.464. The van der Waals surface area contributed by atoms with Crippen LogP contribution in [0.1, 0.15) is 31.9 Å². The topological polar surface area (TPSA) is 32.3 Å². The van der Waals surface area contributed by atoms with Crippen molar-refractivity contribution in [3.8, 4) is 17.6 Å². The molecular formula is C13H16FNO. The van der Waals surface area contributed by atoms with Crippen LogP contribution >= 0.6 is 0 Å². The van der Waals surface area contributed by atoms with E-state index in [1.165, 1.54) is 6.07 Å². The summed E-state index contributed by atoms with van der Waals surface area (Å²) in [4.78, 5) is 0. The molecule has 0 radical (unpaired) electrons. The highest BCUT2D eigenvalue weighted by Gasteiger charge is 2.10. The number of benzene rings is 1. The van der Waals surface area contributed by atoms with Gasteiger partial charge in [0.15, 0.2) is 0 Å². The molecule has 0 saturated carbocycles. The van der Waals surface area contributed by atoms with Crippen molar-refractivity contribution in [2.75, 3.05) is 6.54 Å². The molecule has 2 nitrogen and oxygen atoms in total. The average molecular weight is 221 g/mol. The van der Waals surface area contributed by atoms with Crippen LogP contribution in [-0.4, -0.2) is 11.7 Å². The molecular weight excluding hydrogens is 205 g/mol. The van der Waals surface area contributed by atoms with Gasteiger partial charge in [0.25, 0.3) is 0 Å². The van der Waals surface area contributed by atoms with Crippen LogP contribution in [0.4, 0.5) is 4.39 Å². The van der Waals surface area contributed by atoms with E-state index in [0.29, 0.717) is 5.56 Å². The maximum Gasteiger partial charge on any atom is 0.131 e. The third-order valence-corrected chi connectivity index (χ3v) is 2.33. The van der Waals surface area contributed by atoms with Gasteiger partial charge in [0.2, 0.25) is 0 Å². The van der Waals surface area contributed by atoms with Crippen molar-refractivity contribution in [1.82, 2.24) is 5.32 Å². The monoisotopic (exact) mass is 221 g/mol. The summed E-state index contributed by atoms with van der Waals surface area (Å²) >= 11 is 0. The number of aromatic hydroxyl groups is 1. The van der Waals surface area contributed by atoms with Crippen LogP contribution in [0.2, 0.25) is 0 Å². The number of hydrogen-bond donors (Lipinski definition) is 2. The van der Waals surface area contributed by atoms with Gasteiger partial charge in [-0.1, -0.05) is 6.07 Å². The van der Waals surface area contributed by atoms with Crippen molar-refractivity contribution in [3.63, 3.8) is 0 Å². The first-order valence-electron chi connectivity index (χ1n) is 5.26. The van der Waals surface area contributed by atoms with E-state index < -0.39 is 0 Å². The summed E-state index contributed by atoms with van der Waals surface area (Å²) in [6.07, 6.45) is 0.751. The first-order chi connectivity index (χ1) is 7.65. The van der Waals surface area contributed by atoms with Crippen LogP contribution in [0, 0.1) is 17.7 Å². The van der Waals surface area contributed by atoms with Crippen molar-refractivity contribution in [3.05, 3.63) is 29.6 Å². The fourth-order valence-electron chi connectivity index (χ4n) is 1.45. The smallest absolute Gasteiger partial charge is 0.131 e. The second kappa shape index (κ2) is 6.14. The Morgan fingerprint density at radius 2 is 2.25 bits per heavy atom. The largest absolute Gasteiger partial charge is 0.508 e. The van der Waals surface area contributed by atoms with E-state index in [2.05, 4.69) is 17.2 Å². The predicted octanol–water partition coefficient (Wildman–Crippen LogP) is 2.60. The molecule has 0 aliphatic heterocycles. The molecule has 0 aliphatic carbocycles. The molecule has 2 N–H and O–H groups in total. The van der Waals surface area contributed by atoms with E-state index in [1.807, 2.05) is 6.92 Å². The van der Waals surface area contributed by atoms with Gasteiger partial charge in [0.1, 0.15) is 11.6 Å². The van der Waals surface area contributed by atoms with Crippen LogP contribution in [0.3, 0.4) is 0 Å². The van der Waals surface area contributed by atoms with Gasteiger partial charge in [-0.15, -0.1) is 11.8 Å². The summed E-state index contributed by atoms with van der Waals surface area (Å²) in [6.45, 7) is 4.40. The molecule has 1 rings (SSSR count). The van der Waals surface area contributed by atoms with Gasteiger partial charge in [-0.25, -0.2) is 4.39 Å². The molecule has 0 heterocycles. The zero-order chi connectivity index (χ0) is 12.0. The number of halogens is 1. The van der Waals surface area contributed by atoms with Crippen LogP contribution in [0.5, 0.6) is 5.75 Å². The Morgan fingerprint density at radius 1 is 1.50 bits per heavy atom. The minimum absolute atomic E-state index is 0.0506. The first-order valence-corrected chi connectivity index (χ1v) is 5.26. The highest BCUT2D eigenvalue weighted by atomic mass is 19.1. The molecule has 1 atom stereocenters. The maximum atomic E-state index is 13.4. The normalized spacial score (nSPS) is 11.7. The second-order valence-electron chi connectivity index (χ2n) is 3.56. The zero-order valence-corrected chi connectivity index (χ0v) is 9.55. The Balaban J connectivity index is 2.57. The lowest BCUT2D eigenvalue weighted by Gasteiger charge is -2.14. The molecule has 0 spiro atoms. The second-order valence-corrected chi connectivity index (χ2v) is 3.56. The van der Waals surface area contributed by atoms with Crippen molar-refractivity contribution >= 4 is 0 Å². The molecule has 16 heavy (non-hydrogen) atoms. The molecule has 0 saturated heterocycles. The van der Waals surface area contributed by atoms with Gasteiger partial charge in [-0.2, -0.15) is 0 Å². The molecule has 0 amide bonds. The highest BCUT2D eigenvalue weighted by Crippen LogP contribution is 2.20. The average Bonchev–Trinajstić information content (AvgIpc) is 2.24. The van der Waals surface area contributed by atoms with Crippen molar-refractivity contribution in [2.24, 2.45) is 0 Å². The molecule has 0 aromatic heterocycles. The van der Waals surface area contributed by atoms with Crippen molar-refractivity contribution < 1.29 is 9.50 Å². The zero-order valence-electron chi connectivity index (χ0n) is 9.55. The molecule has 0 bridgehead atoms. The van der Waals surface area contributed by atoms with E-state index in [9.17, 15) is 4.39 Å². The lowest BCUT2D eigenvalue weighted by Crippen LogP contribution is -2.20. The minimum Gasteiger partial charge on any atom is -0.508 e. The quantitative estimate of drug-likeness (QED) is 0.605. The van der Waals surface area contributed by atoms with Crippen LogP contribution in [0.15, 0.2) is 18.2 Å². The third-order valence-electron chi connectivity index (χ3n) is 2.33. The third kappa shape index (κ3) is 3.56. The number of nitrogens with one attached hydrogen (secondary N) is 1. The van der Waals surface area contributed by atoms with E-state index in [0.717, 1.165) is 19.0 Å². The van der Waals surface area contributed by atoms with Gasteiger partial charge >= 0.3 is 0 Å². The summed E-state index contributed by atoms with van der Waals surface area (Å²) in [5.41, 5.74) is 0.558. The maximum absolute atomic E-state index is 13.4. The Labute approximate surface area is 95.5 Å². The summed E-state index contributed by atoms with van der Waals surface area (Å²) in [5, 5.41) is 12.3. The molecule has 1 unspecified atom stereocenters. The minimum atomic E-state index is -0.387. The number of rotatable bonds is 4. The van der Waals surface area contributed by atoms with E-state index in [-0.39, 0.29) is 17.6 Å². The number of phenolic OH excluding ortho intramolecular Hbond substituents is 1.